The zero-order chi connectivity index (χ0) is 17.0. The Morgan fingerprint density at radius 1 is 1.46 bits per heavy atom. The molecule has 0 saturated carbocycles. The second kappa shape index (κ2) is 6.93. The summed E-state index contributed by atoms with van der Waals surface area (Å²) in [5.41, 5.74) is 0.891. The lowest BCUT2D eigenvalue weighted by atomic mass is 9.79. The first-order chi connectivity index (χ1) is 11.6. The molecule has 0 fully saturated rings. The Morgan fingerprint density at radius 2 is 2.33 bits per heavy atom. The van der Waals surface area contributed by atoms with Crippen LogP contribution in [0.25, 0.3) is 6.08 Å². The van der Waals surface area contributed by atoms with Crippen molar-refractivity contribution in [3.8, 4) is 5.75 Å². The molecular weight excluding hydrogens is 306 g/mol. The fourth-order valence-corrected chi connectivity index (χ4v) is 3.08. The average Bonchev–Trinajstić information content (AvgIpc) is 3.11. The Morgan fingerprint density at radius 3 is 3.08 bits per heavy atom. The Labute approximate surface area is 140 Å². The average molecular weight is 327 g/mol. The molecule has 1 aromatic heterocycles. The lowest BCUT2D eigenvalue weighted by Gasteiger charge is -2.34. The summed E-state index contributed by atoms with van der Waals surface area (Å²) in [4.78, 5) is 12.0. The van der Waals surface area contributed by atoms with Crippen molar-refractivity contribution >= 4 is 12.0 Å². The van der Waals surface area contributed by atoms with E-state index in [1.807, 2.05) is 18.2 Å². The van der Waals surface area contributed by atoms with Gasteiger partial charge in [0.25, 0.3) is 0 Å². The molecule has 1 amide bonds. The topological polar surface area (TPSA) is 71.7 Å². The van der Waals surface area contributed by atoms with Gasteiger partial charge in [0.2, 0.25) is 5.91 Å². The lowest BCUT2D eigenvalue weighted by Crippen LogP contribution is -2.42. The van der Waals surface area contributed by atoms with Gasteiger partial charge < -0.3 is 19.6 Å². The van der Waals surface area contributed by atoms with E-state index in [2.05, 4.69) is 5.32 Å². The van der Waals surface area contributed by atoms with Gasteiger partial charge >= 0.3 is 0 Å². The molecule has 0 radical (unpaired) electrons. The minimum absolute atomic E-state index is 0.174. The van der Waals surface area contributed by atoms with Crippen LogP contribution in [0.3, 0.4) is 0 Å². The van der Waals surface area contributed by atoms with Crippen molar-refractivity contribution in [3.63, 3.8) is 0 Å². The minimum atomic E-state index is -1.05. The lowest BCUT2D eigenvalue weighted by molar-refractivity contribution is -0.118. The van der Waals surface area contributed by atoms with Crippen LogP contribution in [-0.2, 0) is 16.8 Å². The number of aryl methyl sites for hydroxylation is 1. The second-order valence-electron chi connectivity index (χ2n) is 5.97. The van der Waals surface area contributed by atoms with Gasteiger partial charge in [0.15, 0.2) is 0 Å². The highest BCUT2D eigenvalue weighted by Crippen LogP contribution is 2.36. The van der Waals surface area contributed by atoms with Gasteiger partial charge in [0.05, 0.1) is 19.9 Å². The van der Waals surface area contributed by atoms with Crippen LogP contribution in [0.5, 0.6) is 5.75 Å². The summed E-state index contributed by atoms with van der Waals surface area (Å²) in [6, 6.07) is 9.21. The number of carbonyl (C=O) groups is 1. The molecule has 3 rings (SSSR count). The first-order valence-corrected chi connectivity index (χ1v) is 8.00. The Kier molecular flexibility index (Phi) is 4.71. The summed E-state index contributed by atoms with van der Waals surface area (Å²) >= 11 is 0. The summed E-state index contributed by atoms with van der Waals surface area (Å²) in [7, 11) is 1.63. The van der Waals surface area contributed by atoms with Crippen LogP contribution in [-0.4, -0.2) is 24.7 Å². The van der Waals surface area contributed by atoms with E-state index in [1.54, 1.807) is 31.6 Å². The molecule has 126 valence electrons. The number of nitrogens with one attached hydrogen (secondary N) is 1. The zero-order valence-electron chi connectivity index (χ0n) is 13.6. The number of ether oxygens (including phenoxy) is 1. The molecule has 1 aliphatic rings. The van der Waals surface area contributed by atoms with Crippen LogP contribution in [0, 0.1) is 0 Å². The number of furan rings is 1. The fraction of sp³-hybridized carbons (Fsp3) is 0.316. The maximum atomic E-state index is 12.0. The summed E-state index contributed by atoms with van der Waals surface area (Å²) in [6.45, 7) is 0.174. The van der Waals surface area contributed by atoms with E-state index in [0.717, 1.165) is 29.7 Å². The van der Waals surface area contributed by atoms with Gasteiger partial charge in [-0.05, 0) is 60.7 Å². The smallest absolute Gasteiger partial charge is 0.244 e. The molecule has 1 aromatic carbocycles. The zero-order valence-corrected chi connectivity index (χ0v) is 13.6. The molecule has 1 unspecified atom stereocenters. The van der Waals surface area contributed by atoms with Crippen LogP contribution in [0.2, 0.25) is 0 Å². The first kappa shape index (κ1) is 16.3. The molecule has 24 heavy (non-hydrogen) atoms. The molecule has 2 aromatic rings. The molecule has 0 bridgehead atoms. The number of carbonyl (C=O) groups excluding carboxylic acids is 1. The van der Waals surface area contributed by atoms with Crippen molar-refractivity contribution in [1.29, 1.82) is 0 Å². The normalized spacial score (nSPS) is 19.9. The standard InChI is InChI=1S/C19H21NO4/c1-23-16-6-8-17-14(12-16)4-2-10-19(17,22)13-20-18(21)9-7-15-5-3-11-24-15/h3,5-9,11-12,22H,2,4,10,13H2,1H3,(H,20,21)/b9-7+. The van der Waals surface area contributed by atoms with Gasteiger partial charge in [0, 0.05) is 6.08 Å². The van der Waals surface area contributed by atoms with Crippen molar-refractivity contribution in [2.24, 2.45) is 0 Å². The van der Waals surface area contributed by atoms with Gasteiger partial charge in [-0.25, -0.2) is 0 Å². The highest BCUT2D eigenvalue weighted by molar-refractivity contribution is 5.91. The molecule has 5 nitrogen and oxygen atoms in total. The van der Waals surface area contributed by atoms with Gasteiger partial charge in [-0.1, -0.05) is 6.07 Å². The van der Waals surface area contributed by atoms with E-state index in [0.29, 0.717) is 12.2 Å². The van der Waals surface area contributed by atoms with Crippen molar-refractivity contribution in [3.05, 3.63) is 59.6 Å². The maximum absolute atomic E-state index is 12.0. The number of fused-ring (bicyclic) bond motifs is 1. The largest absolute Gasteiger partial charge is 0.497 e. The predicted molar refractivity (Wildman–Crippen MR) is 90.6 cm³/mol. The number of aliphatic hydroxyl groups is 1. The van der Waals surface area contributed by atoms with Crippen molar-refractivity contribution < 1.29 is 19.1 Å². The van der Waals surface area contributed by atoms with E-state index in [4.69, 9.17) is 9.15 Å². The molecular formula is C19H21NO4. The van der Waals surface area contributed by atoms with Crippen molar-refractivity contribution in [1.82, 2.24) is 5.32 Å². The van der Waals surface area contributed by atoms with E-state index in [-0.39, 0.29) is 12.5 Å². The highest BCUT2D eigenvalue weighted by atomic mass is 16.5. The molecule has 1 aliphatic carbocycles. The number of hydrogen-bond acceptors (Lipinski definition) is 4. The summed E-state index contributed by atoms with van der Waals surface area (Å²) in [5.74, 6) is 1.13. The number of benzene rings is 1. The van der Waals surface area contributed by atoms with Crippen molar-refractivity contribution in [2.75, 3.05) is 13.7 Å². The molecule has 1 heterocycles. The van der Waals surface area contributed by atoms with Crippen LogP contribution >= 0.6 is 0 Å². The van der Waals surface area contributed by atoms with Crippen LogP contribution in [0.15, 0.2) is 47.1 Å². The number of methoxy groups -OCH3 is 1. The van der Waals surface area contributed by atoms with Gasteiger partial charge in [-0.3, -0.25) is 4.79 Å². The van der Waals surface area contributed by atoms with Crippen LogP contribution in [0.1, 0.15) is 29.7 Å². The molecule has 0 saturated heterocycles. The van der Waals surface area contributed by atoms with Gasteiger partial charge in [-0.2, -0.15) is 0 Å². The summed E-state index contributed by atoms with van der Waals surface area (Å²) < 4.78 is 10.4. The number of rotatable bonds is 5. The second-order valence-corrected chi connectivity index (χ2v) is 5.97. The number of hydrogen-bond donors (Lipinski definition) is 2. The molecule has 2 N–H and O–H groups in total. The number of amides is 1. The monoisotopic (exact) mass is 327 g/mol. The quantitative estimate of drug-likeness (QED) is 0.828. The fourth-order valence-electron chi connectivity index (χ4n) is 3.08. The van der Waals surface area contributed by atoms with Crippen molar-refractivity contribution in [2.45, 2.75) is 24.9 Å². The Hall–Kier alpha value is -2.53. The third kappa shape index (κ3) is 3.51. The van der Waals surface area contributed by atoms with Gasteiger partial charge in [-0.15, -0.1) is 0 Å². The third-order valence-corrected chi connectivity index (χ3v) is 4.35. The maximum Gasteiger partial charge on any atom is 0.244 e. The third-order valence-electron chi connectivity index (χ3n) is 4.35. The van der Waals surface area contributed by atoms with E-state index < -0.39 is 5.60 Å². The highest BCUT2D eigenvalue weighted by Gasteiger charge is 2.34. The first-order valence-electron chi connectivity index (χ1n) is 8.00. The Balaban J connectivity index is 1.68. The van der Waals surface area contributed by atoms with Gasteiger partial charge in [0.1, 0.15) is 17.1 Å². The van der Waals surface area contributed by atoms with E-state index in [1.165, 1.54) is 6.08 Å². The van der Waals surface area contributed by atoms with E-state index in [9.17, 15) is 9.90 Å². The summed E-state index contributed by atoms with van der Waals surface area (Å²) in [6.07, 6.45) is 6.94. The summed E-state index contributed by atoms with van der Waals surface area (Å²) in [5, 5.41) is 13.8. The predicted octanol–water partition coefficient (Wildman–Crippen LogP) is 2.64. The SMILES string of the molecule is COc1ccc2c(c1)CCCC2(O)CNC(=O)/C=C/c1ccco1. The van der Waals surface area contributed by atoms with E-state index >= 15 is 0 Å². The minimum Gasteiger partial charge on any atom is -0.497 e. The molecule has 0 spiro atoms. The molecule has 1 atom stereocenters. The Bertz CT molecular complexity index is 736. The van der Waals surface area contributed by atoms with Crippen LogP contribution < -0.4 is 10.1 Å². The molecule has 0 aliphatic heterocycles. The van der Waals surface area contributed by atoms with Crippen LogP contribution in [0.4, 0.5) is 0 Å². The molecule has 5 heteroatoms.